The van der Waals surface area contributed by atoms with Crippen LogP contribution in [0, 0.1) is 0 Å². The number of carbonyl (C=O) groups excluding carboxylic acids is 1. The molecule has 0 aliphatic carbocycles. The number of rotatable bonds is 9. The molecule has 4 unspecified atom stereocenters. The van der Waals surface area contributed by atoms with Gasteiger partial charge in [0.1, 0.15) is 17.6 Å². The zero-order valence-electron chi connectivity index (χ0n) is 16.9. The predicted octanol–water partition coefficient (Wildman–Crippen LogP) is 3.24. The number of esters is 1. The van der Waals surface area contributed by atoms with Gasteiger partial charge in [-0.1, -0.05) is 24.3 Å². The van der Waals surface area contributed by atoms with Gasteiger partial charge in [0.05, 0.1) is 25.9 Å². The third-order valence-corrected chi connectivity index (χ3v) is 6.24. The second-order valence-electron chi connectivity index (χ2n) is 6.91. The molecule has 1 aliphatic heterocycles. The molecule has 1 saturated heterocycles. The van der Waals surface area contributed by atoms with E-state index in [1.165, 1.54) is 14.0 Å². The van der Waals surface area contributed by atoms with E-state index in [2.05, 4.69) is 14.8 Å². The number of para-hydroxylation sites is 1. The first-order chi connectivity index (χ1) is 14.4. The highest BCUT2D eigenvalue weighted by Gasteiger charge is 2.35. The number of pyridine rings is 1. The maximum absolute atomic E-state index is 13.3. The summed E-state index contributed by atoms with van der Waals surface area (Å²) in [5.74, 6) is 0.216. The van der Waals surface area contributed by atoms with Crippen molar-refractivity contribution in [2.45, 2.75) is 38.0 Å². The van der Waals surface area contributed by atoms with Gasteiger partial charge in [0.15, 0.2) is 0 Å². The number of hydrogen-bond donors (Lipinski definition) is 2. The summed E-state index contributed by atoms with van der Waals surface area (Å²) in [6, 6.07) is 11.3. The van der Waals surface area contributed by atoms with Crippen LogP contribution in [0.15, 0.2) is 48.7 Å². The van der Waals surface area contributed by atoms with Gasteiger partial charge in [-0.3, -0.25) is 9.32 Å². The standard InChI is InChI=1S/C20H26N3O6P/c1-14(20(24)26-2)23-30(25,29-16-6-4-3-5-7-16)27-13-17-9-10-18(28-17)15-8-11-19(21)22-12-15/h3-8,11-12,14,17-18H,9-10,13H2,1-2H3,(H2,21,22)(H,23,25). The van der Waals surface area contributed by atoms with Crippen molar-refractivity contribution in [3.8, 4) is 5.75 Å². The molecule has 1 aliphatic rings. The van der Waals surface area contributed by atoms with E-state index >= 15 is 0 Å². The van der Waals surface area contributed by atoms with Crippen LogP contribution in [0.5, 0.6) is 5.75 Å². The molecule has 0 spiro atoms. The summed E-state index contributed by atoms with van der Waals surface area (Å²) in [5, 5.41) is 2.62. The van der Waals surface area contributed by atoms with Crippen molar-refractivity contribution in [2.24, 2.45) is 0 Å². The number of methoxy groups -OCH3 is 1. The molecule has 1 aromatic carbocycles. The van der Waals surface area contributed by atoms with Crippen molar-refractivity contribution in [2.75, 3.05) is 19.5 Å². The molecule has 3 N–H and O–H groups in total. The zero-order chi connectivity index (χ0) is 21.6. The van der Waals surface area contributed by atoms with E-state index in [1.807, 2.05) is 12.1 Å². The lowest BCUT2D eigenvalue weighted by molar-refractivity contribution is -0.142. The van der Waals surface area contributed by atoms with Gasteiger partial charge in [-0.05, 0) is 43.5 Å². The van der Waals surface area contributed by atoms with Crippen molar-refractivity contribution < 1.29 is 27.9 Å². The Morgan fingerprint density at radius 2 is 2.07 bits per heavy atom. The predicted molar refractivity (Wildman–Crippen MR) is 111 cm³/mol. The number of nitrogens with zero attached hydrogens (tertiary/aromatic N) is 1. The van der Waals surface area contributed by atoms with E-state index in [1.54, 1.807) is 36.5 Å². The van der Waals surface area contributed by atoms with Gasteiger partial charge in [-0.15, -0.1) is 0 Å². The molecule has 1 aromatic heterocycles. The average Bonchev–Trinajstić information content (AvgIpc) is 3.22. The maximum Gasteiger partial charge on any atom is 0.459 e. The Balaban J connectivity index is 1.63. The molecule has 4 atom stereocenters. The Hall–Kier alpha value is -2.45. The van der Waals surface area contributed by atoms with Crippen molar-refractivity contribution in [1.82, 2.24) is 10.1 Å². The molecule has 0 radical (unpaired) electrons. The van der Waals surface area contributed by atoms with Crippen LogP contribution in [-0.2, 0) is 23.4 Å². The highest BCUT2D eigenvalue weighted by atomic mass is 31.2. The fourth-order valence-electron chi connectivity index (χ4n) is 3.04. The Kier molecular flexibility index (Phi) is 7.44. The molecule has 0 bridgehead atoms. The van der Waals surface area contributed by atoms with Gasteiger partial charge in [-0.2, -0.15) is 5.09 Å². The highest BCUT2D eigenvalue weighted by molar-refractivity contribution is 7.52. The van der Waals surface area contributed by atoms with E-state index in [0.29, 0.717) is 18.0 Å². The fraction of sp³-hybridized carbons (Fsp3) is 0.400. The molecule has 30 heavy (non-hydrogen) atoms. The molecule has 0 amide bonds. The van der Waals surface area contributed by atoms with Gasteiger partial charge >= 0.3 is 13.7 Å². The van der Waals surface area contributed by atoms with Crippen LogP contribution in [0.25, 0.3) is 0 Å². The van der Waals surface area contributed by atoms with Crippen LogP contribution in [0.2, 0.25) is 0 Å². The van der Waals surface area contributed by atoms with Crippen LogP contribution in [0.1, 0.15) is 31.4 Å². The normalized spacial score (nSPS) is 21.5. The summed E-state index contributed by atoms with van der Waals surface area (Å²) in [6.45, 7) is 1.55. The SMILES string of the molecule is COC(=O)C(C)NP(=O)(OCC1CCC(c2ccc(N)nc2)O1)Oc1ccccc1. The van der Waals surface area contributed by atoms with Crippen LogP contribution in [0.4, 0.5) is 5.82 Å². The first-order valence-corrected chi connectivity index (χ1v) is 11.1. The molecule has 1 fully saturated rings. The van der Waals surface area contributed by atoms with Gasteiger partial charge in [-0.25, -0.2) is 9.55 Å². The fourth-order valence-corrected chi connectivity index (χ4v) is 4.56. The third kappa shape index (κ3) is 6.03. The smallest absolute Gasteiger partial charge is 0.459 e. The van der Waals surface area contributed by atoms with Gasteiger partial charge in [0.25, 0.3) is 0 Å². The molecular formula is C20H26N3O6P. The Morgan fingerprint density at radius 3 is 2.73 bits per heavy atom. The number of nitrogen functional groups attached to an aromatic ring is 1. The minimum atomic E-state index is -3.87. The first-order valence-electron chi connectivity index (χ1n) is 9.60. The molecule has 3 rings (SSSR count). The maximum atomic E-state index is 13.3. The molecular weight excluding hydrogens is 409 g/mol. The quantitative estimate of drug-likeness (QED) is 0.451. The average molecular weight is 435 g/mol. The molecule has 0 saturated carbocycles. The molecule has 2 aromatic rings. The summed E-state index contributed by atoms with van der Waals surface area (Å²) in [6.07, 6.45) is 2.76. The number of hydrogen-bond acceptors (Lipinski definition) is 8. The number of carbonyl (C=O) groups is 1. The van der Waals surface area contributed by atoms with E-state index in [0.717, 1.165) is 12.0 Å². The largest absolute Gasteiger partial charge is 0.468 e. The van der Waals surface area contributed by atoms with Crippen molar-refractivity contribution in [3.05, 3.63) is 54.2 Å². The summed E-state index contributed by atoms with van der Waals surface area (Å²) >= 11 is 0. The summed E-state index contributed by atoms with van der Waals surface area (Å²) < 4.78 is 35.2. The van der Waals surface area contributed by atoms with Gasteiger partial charge in [0, 0.05) is 6.20 Å². The number of nitrogens with two attached hydrogens (primary N) is 1. The Labute approximate surface area is 175 Å². The van der Waals surface area contributed by atoms with Crippen molar-refractivity contribution in [3.63, 3.8) is 0 Å². The Bertz CT molecular complexity index is 880. The summed E-state index contributed by atoms with van der Waals surface area (Å²) in [7, 11) is -2.62. The third-order valence-electron chi connectivity index (χ3n) is 4.59. The number of ether oxygens (including phenoxy) is 2. The second kappa shape index (κ2) is 10.0. The number of aromatic nitrogens is 1. The van der Waals surface area contributed by atoms with E-state index < -0.39 is 19.8 Å². The molecule has 9 nitrogen and oxygen atoms in total. The molecule has 2 heterocycles. The van der Waals surface area contributed by atoms with Gasteiger partial charge < -0.3 is 19.7 Å². The van der Waals surface area contributed by atoms with Crippen LogP contribution in [-0.4, -0.2) is 36.8 Å². The lowest BCUT2D eigenvalue weighted by Gasteiger charge is -2.24. The monoisotopic (exact) mass is 435 g/mol. The highest BCUT2D eigenvalue weighted by Crippen LogP contribution is 2.46. The summed E-state index contributed by atoms with van der Waals surface area (Å²) in [4.78, 5) is 15.9. The lowest BCUT2D eigenvalue weighted by Crippen LogP contribution is -2.35. The van der Waals surface area contributed by atoms with Crippen molar-refractivity contribution >= 4 is 19.5 Å². The minimum absolute atomic E-state index is 0.0317. The topological polar surface area (TPSA) is 122 Å². The molecule has 162 valence electrons. The second-order valence-corrected chi connectivity index (χ2v) is 8.61. The Morgan fingerprint density at radius 1 is 1.30 bits per heavy atom. The van der Waals surface area contributed by atoms with Crippen molar-refractivity contribution in [1.29, 1.82) is 0 Å². The van der Waals surface area contributed by atoms with Crippen LogP contribution < -0.4 is 15.3 Å². The lowest BCUT2D eigenvalue weighted by atomic mass is 10.1. The summed E-state index contributed by atoms with van der Waals surface area (Å²) in [5.41, 5.74) is 6.55. The van der Waals surface area contributed by atoms with Crippen LogP contribution in [0.3, 0.4) is 0 Å². The first kappa shape index (κ1) is 22.2. The van der Waals surface area contributed by atoms with E-state index in [-0.39, 0.29) is 18.8 Å². The zero-order valence-corrected chi connectivity index (χ0v) is 17.8. The van der Waals surface area contributed by atoms with Crippen LogP contribution >= 0.6 is 7.75 Å². The number of anilines is 1. The van der Waals surface area contributed by atoms with E-state index in [4.69, 9.17) is 19.5 Å². The van der Waals surface area contributed by atoms with E-state index in [9.17, 15) is 9.36 Å². The van der Waals surface area contributed by atoms with Gasteiger partial charge in [0.2, 0.25) is 0 Å². The molecule has 10 heteroatoms. The minimum Gasteiger partial charge on any atom is -0.468 e. The number of benzene rings is 1. The number of nitrogens with one attached hydrogen (secondary N) is 1.